The molecule has 0 aliphatic heterocycles. The second-order valence-corrected chi connectivity index (χ2v) is 8.45. The van der Waals surface area contributed by atoms with Crippen molar-refractivity contribution in [3.63, 3.8) is 0 Å². The molecule has 1 heterocycles. The number of carboxylic acids is 1. The van der Waals surface area contributed by atoms with Gasteiger partial charge in [0.05, 0.1) is 20.7 Å². The van der Waals surface area contributed by atoms with Crippen LogP contribution in [0.5, 0.6) is 0 Å². The van der Waals surface area contributed by atoms with Gasteiger partial charge in [-0.1, -0.05) is 31.2 Å². The number of nitro benzene ring substituents is 1. The van der Waals surface area contributed by atoms with E-state index in [-0.39, 0.29) is 5.56 Å². The smallest absolute Gasteiger partial charge is 0.343 e. The number of nitrogens with one attached hydrogen (secondary N) is 1. The molecule has 2 aromatic carbocycles. The maximum atomic E-state index is 12.6. The standard InChI is InChI=1S/C19H17N3O5S2/c1-2-3-9-28-19-21-13-8-7-11(10-15(13)29-19)20-17(23)12-5-4-6-14(22(26)27)16(12)18(24)25/h4-8,10H,2-3,9H2,1H3,(H,20,23)(H,24,25). The highest BCUT2D eigenvalue weighted by molar-refractivity contribution is 8.01. The van der Waals surface area contributed by atoms with Crippen LogP contribution in [-0.4, -0.2) is 32.6 Å². The first-order chi connectivity index (χ1) is 13.9. The summed E-state index contributed by atoms with van der Waals surface area (Å²) in [6.45, 7) is 2.13. The van der Waals surface area contributed by atoms with Gasteiger partial charge < -0.3 is 10.4 Å². The van der Waals surface area contributed by atoms with Gasteiger partial charge in [-0.2, -0.15) is 0 Å². The normalized spacial score (nSPS) is 10.8. The quantitative estimate of drug-likeness (QED) is 0.221. The lowest BCUT2D eigenvalue weighted by Crippen LogP contribution is -2.17. The number of rotatable bonds is 8. The molecular weight excluding hydrogens is 414 g/mol. The van der Waals surface area contributed by atoms with Crippen molar-refractivity contribution in [3.8, 4) is 0 Å². The molecule has 0 saturated heterocycles. The number of aromatic carboxylic acids is 1. The van der Waals surface area contributed by atoms with Crippen LogP contribution < -0.4 is 5.32 Å². The monoisotopic (exact) mass is 431 g/mol. The second kappa shape index (κ2) is 9.01. The summed E-state index contributed by atoms with van der Waals surface area (Å²) in [5.74, 6) is -1.27. The summed E-state index contributed by atoms with van der Waals surface area (Å²) in [5, 5.41) is 23.1. The molecule has 2 N–H and O–H groups in total. The summed E-state index contributed by atoms with van der Waals surface area (Å²) in [6.07, 6.45) is 2.22. The molecule has 0 aliphatic carbocycles. The van der Waals surface area contributed by atoms with Crippen molar-refractivity contribution >= 4 is 56.6 Å². The van der Waals surface area contributed by atoms with Crippen LogP contribution in [0.3, 0.4) is 0 Å². The number of benzene rings is 2. The topological polar surface area (TPSA) is 122 Å². The maximum absolute atomic E-state index is 12.6. The lowest BCUT2D eigenvalue weighted by molar-refractivity contribution is -0.385. The van der Waals surface area contributed by atoms with Gasteiger partial charge >= 0.3 is 5.97 Å². The van der Waals surface area contributed by atoms with Gasteiger partial charge in [0.2, 0.25) is 0 Å². The second-order valence-electron chi connectivity index (χ2n) is 6.08. The summed E-state index contributed by atoms with van der Waals surface area (Å²) in [6, 6.07) is 8.79. The number of aromatic nitrogens is 1. The molecule has 0 saturated carbocycles. The molecule has 1 amide bonds. The van der Waals surface area contributed by atoms with Gasteiger partial charge in [-0.15, -0.1) is 11.3 Å². The molecule has 0 bridgehead atoms. The lowest BCUT2D eigenvalue weighted by atomic mass is 10.0. The van der Waals surface area contributed by atoms with Crippen molar-refractivity contribution in [2.75, 3.05) is 11.1 Å². The predicted molar refractivity (Wildman–Crippen MR) is 113 cm³/mol. The van der Waals surface area contributed by atoms with E-state index in [2.05, 4.69) is 17.2 Å². The minimum absolute atomic E-state index is 0.271. The first kappa shape index (κ1) is 20.7. The Morgan fingerprint density at radius 3 is 2.79 bits per heavy atom. The highest BCUT2D eigenvalue weighted by Crippen LogP contribution is 2.32. The van der Waals surface area contributed by atoms with E-state index in [4.69, 9.17) is 0 Å². The first-order valence-corrected chi connectivity index (χ1v) is 10.6. The van der Waals surface area contributed by atoms with Crippen LogP contribution >= 0.6 is 23.1 Å². The fourth-order valence-electron chi connectivity index (χ4n) is 2.65. The fraction of sp³-hybridized carbons (Fsp3) is 0.211. The van der Waals surface area contributed by atoms with Crippen molar-refractivity contribution in [2.24, 2.45) is 0 Å². The van der Waals surface area contributed by atoms with Crippen LogP contribution in [0.25, 0.3) is 10.2 Å². The molecule has 29 heavy (non-hydrogen) atoms. The number of thiazole rings is 1. The van der Waals surface area contributed by atoms with Crippen LogP contribution in [0.1, 0.15) is 40.5 Å². The summed E-state index contributed by atoms with van der Waals surface area (Å²) in [4.78, 5) is 38.9. The Morgan fingerprint density at radius 2 is 2.10 bits per heavy atom. The molecule has 10 heteroatoms. The molecule has 150 valence electrons. The van der Waals surface area contributed by atoms with E-state index in [1.807, 2.05) is 0 Å². The number of amides is 1. The van der Waals surface area contributed by atoms with E-state index in [0.29, 0.717) is 5.69 Å². The number of carboxylic acid groups (broad SMARTS) is 1. The number of thioether (sulfide) groups is 1. The summed E-state index contributed by atoms with van der Waals surface area (Å²) in [7, 11) is 0. The number of hydrogen-bond acceptors (Lipinski definition) is 7. The summed E-state index contributed by atoms with van der Waals surface area (Å²) in [5.41, 5.74) is -0.264. The Bertz CT molecular complexity index is 1100. The van der Waals surface area contributed by atoms with Crippen molar-refractivity contribution < 1.29 is 19.6 Å². The minimum atomic E-state index is -1.53. The Morgan fingerprint density at radius 1 is 1.31 bits per heavy atom. The van der Waals surface area contributed by atoms with Crippen molar-refractivity contribution in [1.82, 2.24) is 4.98 Å². The van der Waals surface area contributed by atoms with E-state index >= 15 is 0 Å². The zero-order chi connectivity index (χ0) is 21.0. The number of nitro groups is 1. The SMILES string of the molecule is CCCCSc1nc2ccc(NC(=O)c3cccc([N+](=O)[O-])c3C(=O)O)cc2s1. The largest absolute Gasteiger partial charge is 0.477 e. The summed E-state index contributed by atoms with van der Waals surface area (Å²) < 4.78 is 1.84. The van der Waals surface area contributed by atoms with E-state index in [1.54, 1.807) is 30.0 Å². The zero-order valence-electron chi connectivity index (χ0n) is 15.4. The fourth-order valence-corrected chi connectivity index (χ4v) is 4.91. The number of anilines is 1. The summed E-state index contributed by atoms with van der Waals surface area (Å²) >= 11 is 3.20. The van der Waals surface area contributed by atoms with Gasteiger partial charge in [0.15, 0.2) is 4.34 Å². The van der Waals surface area contributed by atoms with Crippen molar-refractivity contribution in [3.05, 3.63) is 57.6 Å². The zero-order valence-corrected chi connectivity index (χ0v) is 17.0. The van der Waals surface area contributed by atoms with Crippen LogP contribution in [0, 0.1) is 10.1 Å². The third-order valence-corrected chi connectivity index (χ3v) is 6.30. The molecule has 3 aromatic rings. The molecule has 0 fully saturated rings. The predicted octanol–water partition coefficient (Wildman–Crippen LogP) is 5.05. The van der Waals surface area contributed by atoms with Gasteiger partial charge in [-0.25, -0.2) is 9.78 Å². The Labute approximate surface area is 174 Å². The molecule has 8 nitrogen and oxygen atoms in total. The Hall–Kier alpha value is -2.98. The van der Waals surface area contributed by atoms with E-state index in [1.165, 1.54) is 23.5 Å². The molecule has 0 spiro atoms. The molecule has 3 rings (SSSR count). The first-order valence-electron chi connectivity index (χ1n) is 8.76. The average molecular weight is 431 g/mol. The molecular formula is C19H17N3O5S2. The molecule has 0 unspecified atom stereocenters. The number of unbranched alkanes of at least 4 members (excludes halogenated alkanes) is 1. The van der Waals surface area contributed by atoms with Gasteiger partial charge in [0.25, 0.3) is 11.6 Å². The number of carbonyl (C=O) groups excluding carboxylic acids is 1. The molecule has 0 aliphatic rings. The number of hydrogen-bond donors (Lipinski definition) is 2. The molecule has 0 atom stereocenters. The van der Waals surface area contributed by atoms with E-state index < -0.39 is 28.1 Å². The highest BCUT2D eigenvalue weighted by atomic mass is 32.2. The van der Waals surface area contributed by atoms with Crippen molar-refractivity contribution in [2.45, 2.75) is 24.1 Å². The highest BCUT2D eigenvalue weighted by Gasteiger charge is 2.27. The number of fused-ring (bicyclic) bond motifs is 1. The van der Waals surface area contributed by atoms with Gasteiger partial charge in [-0.3, -0.25) is 14.9 Å². The van der Waals surface area contributed by atoms with Crippen LogP contribution in [-0.2, 0) is 0 Å². The number of carbonyl (C=O) groups is 2. The minimum Gasteiger partial charge on any atom is -0.477 e. The van der Waals surface area contributed by atoms with Gasteiger partial charge in [0.1, 0.15) is 5.56 Å². The molecule has 1 aromatic heterocycles. The average Bonchev–Trinajstić information content (AvgIpc) is 3.09. The number of nitrogens with zero attached hydrogens (tertiary/aromatic N) is 2. The van der Waals surface area contributed by atoms with Crippen LogP contribution in [0.15, 0.2) is 40.7 Å². The maximum Gasteiger partial charge on any atom is 0.343 e. The third kappa shape index (κ3) is 4.72. The van der Waals surface area contributed by atoms with Gasteiger partial charge in [0, 0.05) is 17.5 Å². The van der Waals surface area contributed by atoms with E-state index in [0.717, 1.165) is 39.2 Å². The lowest BCUT2D eigenvalue weighted by Gasteiger charge is -2.08. The van der Waals surface area contributed by atoms with Crippen molar-refractivity contribution in [1.29, 1.82) is 0 Å². The van der Waals surface area contributed by atoms with Crippen LogP contribution in [0.2, 0.25) is 0 Å². The van der Waals surface area contributed by atoms with E-state index in [9.17, 15) is 24.8 Å². The molecule has 0 radical (unpaired) electrons. The Kier molecular flexibility index (Phi) is 6.45. The van der Waals surface area contributed by atoms with Crippen LogP contribution in [0.4, 0.5) is 11.4 Å². The van der Waals surface area contributed by atoms with Gasteiger partial charge in [-0.05, 0) is 30.7 Å². The third-order valence-electron chi connectivity index (χ3n) is 4.05. The Balaban J connectivity index is 1.85.